The predicted molar refractivity (Wildman–Crippen MR) is 498 cm³/mol. The average Bonchev–Trinajstić information content (AvgIpc) is 1.58. The van der Waals surface area contributed by atoms with E-state index < -0.39 is 0 Å². The zero-order valence-electron chi connectivity index (χ0n) is 72.7. The normalized spacial score (nSPS) is 14.7. The minimum Gasteiger partial charge on any atom is -0.455 e. The fraction of sp³-hybridized carbons (Fsp3) is 0.240. The van der Waals surface area contributed by atoms with Crippen molar-refractivity contribution in [3.63, 3.8) is 0 Å². The highest BCUT2D eigenvalue weighted by Crippen LogP contribution is 2.39. The number of rotatable bonds is 12. The van der Waals surface area contributed by atoms with Gasteiger partial charge in [0.25, 0.3) is 5.82 Å². The molecule has 0 radical (unpaired) electrons. The van der Waals surface area contributed by atoms with Crippen LogP contribution in [0.4, 0.5) is 17.7 Å². The first-order valence-electron chi connectivity index (χ1n) is 42.5. The van der Waals surface area contributed by atoms with E-state index in [2.05, 4.69) is 413 Å². The van der Waals surface area contributed by atoms with Crippen molar-refractivity contribution in [1.29, 1.82) is 0 Å². The lowest BCUT2D eigenvalue weighted by Gasteiger charge is -2.39. The van der Waals surface area contributed by atoms with Gasteiger partial charge in [-0.15, -0.1) is 0 Å². The van der Waals surface area contributed by atoms with Crippen LogP contribution >= 0.6 is 0 Å². The highest BCUT2D eigenvalue weighted by Gasteiger charge is 2.38. The van der Waals surface area contributed by atoms with E-state index in [1.807, 2.05) is 49.4 Å². The third-order valence-electron chi connectivity index (χ3n) is 24.4. The van der Waals surface area contributed by atoms with Crippen molar-refractivity contribution in [2.24, 2.45) is 21.1 Å². The minimum absolute atomic E-state index is 0.164. The van der Waals surface area contributed by atoms with Crippen LogP contribution in [0, 0.1) is 13.8 Å². The van der Waals surface area contributed by atoms with Crippen molar-refractivity contribution >= 4 is 138 Å². The molecule has 0 N–H and O–H groups in total. The molecule has 0 unspecified atom stereocenters. The number of para-hydroxylation sites is 4. The van der Waals surface area contributed by atoms with E-state index in [4.69, 9.17) is 17.7 Å². The van der Waals surface area contributed by atoms with Crippen LogP contribution in [0.25, 0.3) is 126 Å². The summed E-state index contributed by atoms with van der Waals surface area (Å²) in [7, 11) is 8.44. The molecule has 0 spiro atoms. The quantitative estimate of drug-likeness (QED) is 0.0862. The standard InChI is InChI=1S/C33H35BN3O.C27H31BN3O.C24H23BN3O.C16H18BN3O/c1-22(2)27-18-25(24-12-8-7-9-13-24)19-28(23(3)4)32(27)36-17-16-35(6)33(36)37-21-31-29(20-34(37)5)26-14-10-11-15-30(26)38-31;1-18(2)20-11-9-12-21(19(3)4)26(20)30-15-14-29(6)27(30)31-17-25-23(16-28(31)5)22-10-7-8-13-24(22)32-25;1-16-12-23(27(4)14-20(16)18-8-6-5-7-9-18)28-15-21-19-11-10-17(2)26-24(19)29-22(21)13-25(28)3;1-12-18(3)8-9-19(12)20-11-16-14(10-17(20)2)13-6-4-5-7-15(13)21-16/h7-23H,1-6H3;7-19H,1-6H3;5-15H,1-4H3;4-12H,1-3H3/q3*+1;/t;;;12-/m...0/s1. The fourth-order valence-electron chi connectivity index (χ4n) is 17.8. The largest absolute Gasteiger partial charge is 0.455 e. The lowest BCUT2D eigenvalue weighted by atomic mass is 9.62. The van der Waals surface area contributed by atoms with E-state index in [-0.39, 0.29) is 27.4 Å². The summed E-state index contributed by atoms with van der Waals surface area (Å²) in [5, 5.41) is 11.5. The van der Waals surface area contributed by atoms with Crippen LogP contribution in [0.5, 0.6) is 0 Å². The molecule has 120 heavy (non-hydrogen) atoms. The summed E-state index contributed by atoms with van der Waals surface area (Å²) in [5.41, 5.74) is 22.4. The van der Waals surface area contributed by atoms with Crippen LogP contribution in [0.3, 0.4) is 0 Å². The number of anilines is 3. The third kappa shape index (κ3) is 14.8. The number of hydrogen-bond acceptors (Lipinski definition) is 11. The molecule has 0 aliphatic carbocycles. The summed E-state index contributed by atoms with van der Waals surface area (Å²) in [6.07, 6.45) is 24.1. The van der Waals surface area contributed by atoms with E-state index in [1.165, 1.54) is 93.3 Å². The molecule has 0 fully saturated rings. The number of fused-ring (bicyclic) bond motifs is 12. The minimum atomic E-state index is 0.164. The molecule has 13 heterocycles. The van der Waals surface area contributed by atoms with Gasteiger partial charge in [0.2, 0.25) is 5.71 Å². The average molecular weight is 1580 g/mol. The van der Waals surface area contributed by atoms with Gasteiger partial charge in [-0.1, -0.05) is 214 Å². The summed E-state index contributed by atoms with van der Waals surface area (Å²) in [4.78, 5) is 15.9. The maximum Gasteiger partial charge on any atom is 0.405 e. The number of furan rings is 4. The molecule has 600 valence electrons. The summed E-state index contributed by atoms with van der Waals surface area (Å²) in [5.74, 6) is 14.1. The van der Waals surface area contributed by atoms with Gasteiger partial charge in [0.05, 0.1) is 75.1 Å². The maximum absolute atomic E-state index is 6.29. The third-order valence-corrected chi connectivity index (χ3v) is 24.4. The highest BCUT2D eigenvalue weighted by molar-refractivity contribution is 6.78. The van der Waals surface area contributed by atoms with E-state index in [1.54, 1.807) is 0 Å². The number of benzene rings is 7. The summed E-state index contributed by atoms with van der Waals surface area (Å²) < 4.78 is 35.9. The van der Waals surface area contributed by atoms with Gasteiger partial charge < -0.3 is 27.5 Å². The second-order valence-corrected chi connectivity index (χ2v) is 34.2. The van der Waals surface area contributed by atoms with Gasteiger partial charge in [-0.3, -0.25) is 19.4 Å². The zero-order chi connectivity index (χ0) is 83.8. The number of aryl methyl sites for hydroxylation is 5. The van der Waals surface area contributed by atoms with E-state index in [0.717, 1.165) is 72.4 Å². The van der Waals surface area contributed by atoms with Gasteiger partial charge in [-0.2, -0.15) is 0 Å². The summed E-state index contributed by atoms with van der Waals surface area (Å²) in [6.45, 7) is 34.4. The number of hydrogen-bond donors (Lipinski definition) is 0. The molecule has 20 heteroatoms. The summed E-state index contributed by atoms with van der Waals surface area (Å²) >= 11 is 0. The Kier molecular flexibility index (Phi) is 21.6. The van der Waals surface area contributed by atoms with Crippen LogP contribution < -0.4 is 70.7 Å². The number of aromatic nitrogens is 6. The number of imidazole rings is 2. The molecule has 16 nitrogen and oxygen atoms in total. The Morgan fingerprint density at radius 1 is 0.408 bits per heavy atom. The lowest BCUT2D eigenvalue weighted by molar-refractivity contribution is -0.657. The van der Waals surface area contributed by atoms with Gasteiger partial charge in [0, 0.05) is 68.6 Å². The van der Waals surface area contributed by atoms with Crippen LogP contribution in [-0.2, 0) is 21.1 Å². The number of pyridine rings is 2. The molecular formula is C100H107B4N12O4+3. The monoisotopic (exact) mass is 1580 g/mol. The summed E-state index contributed by atoms with van der Waals surface area (Å²) in [6, 6.07) is 64.0. The molecule has 0 saturated heterocycles. The van der Waals surface area contributed by atoms with Crippen molar-refractivity contribution in [3.8, 4) is 33.6 Å². The predicted octanol–water partition coefficient (Wildman–Crippen LogP) is 15.2. The Balaban J connectivity index is 0.000000116. The van der Waals surface area contributed by atoms with E-state index >= 15 is 0 Å². The van der Waals surface area contributed by atoms with E-state index in [9.17, 15) is 0 Å². The smallest absolute Gasteiger partial charge is 0.405 e. The van der Waals surface area contributed by atoms with Crippen molar-refractivity contribution in [3.05, 3.63) is 301 Å². The molecule has 20 rings (SSSR count). The van der Waals surface area contributed by atoms with Gasteiger partial charge in [0.15, 0.2) is 16.2 Å². The molecule has 5 aliphatic heterocycles. The molecule has 0 bridgehead atoms. The fourth-order valence-corrected chi connectivity index (χ4v) is 17.8. The molecule has 0 amide bonds. The molecule has 7 aromatic carbocycles. The van der Waals surface area contributed by atoms with Crippen molar-refractivity contribution < 1.29 is 31.4 Å². The first-order chi connectivity index (χ1) is 57.8. The second kappa shape index (κ2) is 32.5. The second-order valence-electron chi connectivity index (χ2n) is 34.2. The molecule has 5 aliphatic rings. The molecule has 0 saturated carbocycles. The van der Waals surface area contributed by atoms with Crippen molar-refractivity contribution in [2.45, 2.75) is 133 Å². The maximum atomic E-state index is 6.29. The molecule has 15 aromatic rings. The van der Waals surface area contributed by atoms with Crippen molar-refractivity contribution in [2.75, 3.05) is 21.5 Å². The van der Waals surface area contributed by atoms with Gasteiger partial charge >= 0.3 is 39.3 Å². The SMILES string of the molecule is CB1C=c2c(oc3ccccc23)=CN1N1C=CN(C)[C@@H]1C.CB1C=c2c(oc3ccccc23)=CN1c1n(-c2c(C(C)C)cc(-c3ccccc3)cc2C(C)C)cc[n+]1C.CB1C=c2c(oc3ccccc23)=CN1c1n(-c2c(C(C)C)cccc2C(C)C)cc[n+]1C.CB1C=c2oc3nc(C)ccc3c2=CN1c1cc(C)c(-c2ccccc2)c[n+]1C. The zero-order valence-corrected chi connectivity index (χ0v) is 72.7. The van der Waals surface area contributed by atoms with Crippen LogP contribution in [0.1, 0.15) is 119 Å². The molecule has 8 aromatic heterocycles. The Hall–Kier alpha value is -12.8. The van der Waals surface area contributed by atoms with Crippen molar-refractivity contribution in [1.82, 2.24) is 28.9 Å². The Bertz CT molecular complexity index is 6980. The topological polar surface area (TPSA) is 106 Å². The van der Waals surface area contributed by atoms with Gasteiger partial charge in [0.1, 0.15) is 52.1 Å². The van der Waals surface area contributed by atoms with Crippen LogP contribution in [-0.4, -0.2) is 69.6 Å². The first kappa shape index (κ1) is 79.6. The highest BCUT2D eigenvalue weighted by atomic mass is 16.3. The van der Waals surface area contributed by atoms with Crippen LogP contribution in [0.2, 0.25) is 27.3 Å². The van der Waals surface area contributed by atoms with Gasteiger partial charge in [-0.25, -0.2) is 27.8 Å². The molecule has 1 atom stereocenters. The lowest BCUT2D eigenvalue weighted by Crippen LogP contribution is -2.52. The Morgan fingerprint density at radius 3 is 1.36 bits per heavy atom. The molecular weight excluding hydrogens is 1480 g/mol. The van der Waals surface area contributed by atoms with E-state index in [0.29, 0.717) is 35.6 Å². The number of hydrazine groups is 1. The Labute approximate surface area is 704 Å². The van der Waals surface area contributed by atoms with Gasteiger partial charge in [-0.05, 0) is 158 Å². The Morgan fingerprint density at radius 2 is 0.867 bits per heavy atom. The first-order valence-corrected chi connectivity index (χ1v) is 42.5. The number of nitrogens with zero attached hydrogens (tertiary/aromatic N) is 12. The van der Waals surface area contributed by atoms with Crippen LogP contribution in [0.15, 0.2) is 243 Å².